The molecule has 3 amide bonds. The van der Waals surface area contributed by atoms with Crippen molar-refractivity contribution in [2.24, 2.45) is 5.92 Å². The third kappa shape index (κ3) is 7.20. The van der Waals surface area contributed by atoms with Crippen molar-refractivity contribution in [3.8, 4) is 5.75 Å². The van der Waals surface area contributed by atoms with Crippen molar-refractivity contribution >= 4 is 37.4 Å². The van der Waals surface area contributed by atoms with Gasteiger partial charge in [0.15, 0.2) is 13.9 Å². The molecule has 4 aromatic carbocycles. The number of aliphatic hydroxyl groups excluding tert-OH is 1. The maximum Gasteiger partial charge on any atom is 0.264 e. The average molecular weight is 708 g/mol. The number of hydrogen-bond acceptors (Lipinski definition) is 7. The first-order valence-corrected chi connectivity index (χ1v) is 20.3. The van der Waals surface area contributed by atoms with Crippen molar-refractivity contribution in [2.75, 3.05) is 30.5 Å². The lowest BCUT2D eigenvalue weighted by Crippen LogP contribution is -2.46. The van der Waals surface area contributed by atoms with E-state index in [1.54, 1.807) is 47.2 Å². The second-order valence-electron chi connectivity index (χ2n) is 13.9. The molecular weight excluding hydrogens is 663 g/mol. The number of fused-ring (bicyclic) bond motifs is 2. The van der Waals surface area contributed by atoms with Crippen molar-refractivity contribution in [1.82, 2.24) is 4.90 Å². The number of amides is 3. The average Bonchev–Trinajstić information content (AvgIpc) is 3.55. The van der Waals surface area contributed by atoms with Crippen molar-refractivity contribution in [3.05, 3.63) is 125 Å². The maximum atomic E-state index is 14.9. The number of rotatable bonds is 12. The summed E-state index contributed by atoms with van der Waals surface area (Å²) < 4.78 is 12.5. The highest BCUT2D eigenvalue weighted by atomic mass is 28.4. The number of methoxy groups -OCH3 is 1. The summed E-state index contributed by atoms with van der Waals surface area (Å²) in [5.74, 6) is -0.618. The van der Waals surface area contributed by atoms with Crippen LogP contribution in [0.5, 0.6) is 5.75 Å². The van der Waals surface area contributed by atoms with Gasteiger partial charge in [-0.3, -0.25) is 14.4 Å². The molecule has 3 N–H and O–H groups in total. The van der Waals surface area contributed by atoms with E-state index in [2.05, 4.69) is 5.32 Å². The summed E-state index contributed by atoms with van der Waals surface area (Å²) in [5, 5.41) is 12.7. The van der Waals surface area contributed by atoms with Gasteiger partial charge in [0.05, 0.1) is 38.5 Å². The first-order chi connectivity index (χ1) is 24.5. The highest BCUT2D eigenvalue weighted by Gasteiger charge is 2.66. The van der Waals surface area contributed by atoms with E-state index in [9.17, 15) is 24.3 Å². The summed E-state index contributed by atoms with van der Waals surface area (Å²) in [6.07, 6.45) is -0.796. The standard InChI is InChI=1S/C40H45N3O7Si/c1-27-37(51(3,4)48)35(24-36(45)42(21-22-44)25-28-11-7-5-8-12-28)50-40(27)33-23-32(49-2)19-20-34(33)43(39(40)47)26-29-15-17-31(18-16-29)41-38(46)30-13-9-6-10-14-30/h5-20,23,27,35,37,44,48H,21-22,24-26H2,1-4H3,(H,41,46)/t27-,35+,37-,40+/m0/s1. The SMILES string of the molecule is COc1ccc2c(c1)[C@@]1(O[C@H](CC(=O)N(CCO)Cc3ccccc3)[C@@H]([Si](C)(C)O)[C@@H]1C)C(=O)N2Cc1ccc(NC(=O)c2ccccc2)cc1. The zero-order valence-corrected chi connectivity index (χ0v) is 30.4. The van der Waals surface area contributed by atoms with E-state index in [0.29, 0.717) is 34.8 Å². The number of carbonyl (C=O) groups excluding carboxylic acids is 3. The van der Waals surface area contributed by atoms with Crippen LogP contribution in [0.3, 0.4) is 0 Å². The predicted octanol–water partition coefficient (Wildman–Crippen LogP) is 5.70. The van der Waals surface area contributed by atoms with Gasteiger partial charge in [-0.25, -0.2) is 0 Å². The highest BCUT2D eigenvalue weighted by molar-refractivity contribution is 6.71. The fourth-order valence-corrected chi connectivity index (χ4v) is 10.3. The second kappa shape index (κ2) is 14.8. The second-order valence-corrected chi connectivity index (χ2v) is 17.9. The summed E-state index contributed by atoms with van der Waals surface area (Å²) in [5.41, 5.74) is 2.34. The normalized spacial score (nSPS) is 21.1. The molecule has 4 aromatic rings. The Morgan fingerprint density at radius 3 is 2.25 bits per heavy atom. The molecule has 1 fully saturated rings. The van der Waals surface area contributed by atoms with Crippen LogP contribution < -0.4 is 15.0 Å². The summed E-state index contributed by atoms with van der Waals surface area (Å²) >= 11 is 0. The number of benzene rings is 4. The van der Waals surface area contributed by atoms with Gasteiger partial charge in [0.1, 0.15) is 5.75 Å². The highest BCUT2D eigenvalue weighted by Crippen LogP contribution is 2.60. The Balaban J connectivity index is 1.29. The van der Waals surface area contributed by atoms with Crippen molar-refractivity contribution < 1.29 is 33.8 Å². The maximum absolute atomic E-state index is 14.9. The smallest absolute Gasteiger partial charge is 0.264 e. The Morgan fingerprint density at radius 1 is 0.961 bits per heavy atom. The third-order valence-electron chi connectivity index (χ3n) is 10.1. The zero-order valence-electron chi connectivity index (χ0n) is 29.4. The van der Waals surface area contributed by atoms with Gasteiger partial charge in [0.2, 0.25) is 5.91 Å². The molecule has 4 atom stereocenters. The molecule has 0 aliphatic carbocycles. The van der Waals surface area contributed by atoms with Crippen LogP contribution in [0.2, 0.25) is 18.6 Å². The van der Waals surface area contributed by atoms with Crippen LogP contribution in [0.1, 0.15) is 40.4 Å². The number of hydrogen-bond donors (Lipinski definition) is 3. The van der Waals surface area contributed by atoms with E-state index in [0.717, 1.165) is 11.1 Å². The number of ether oxygens (including phenoxy) is 2. The molecule has 0 bridgehead atoms. The largest absolute Gasteiger partial charge is 0.497 e. The number of nitrogens with zero attached hydrogens (tertiary/aromatic N) is 2. The number of aliphatic hydroxyl groups is 1. The predicted molar refractivity (Wildman–Crippen MR) is 198 cm³/mol. The lowest BCUT2D eigenvalue weighted by molar-refractivity contribution is -0.150. The Hall–Kier alpha value is -4.81. The molecule has 2 aliphatic heterocycles. The number of carbonyl (C=O) groups is 3. The summed E-state index contributed by atoms with van der Waals surface area (Å²) in [6, 6.07) is 31.4. The third-order valence-corrected chi connectivity index (χ3v) is 12.6. The van der Waals surface area contributed by atoms with Gasteiger partial charge in [-0.2, -0.15) is 0 Å². The van der Waals surface area contributed by atoms with Crippen LogP contribution in [0.25, 0.3) is 0 Å². The van der Waals surface area contributed by atoms with Crippen LogP contribution >= 0.6 is 0 Å². The molecule has 1 spiro atoms. The van der Waals surface area contributed by atoms with E-state index in [-0.39, 0.29) is 43.8 Å². The van der Waals surface area contributed by atoms with Gasteiger partial charge in [0.25, 0.3) is 11.8 Å². The summed E-state index contributed by atoms with van der Waals surface area (Å²) in [7, 11) is -1.47. The number of anilines is 2. The van der Waals surface area contributed by atoms with Gasteiger partial charge in [-0.1, -0.05) is 67.6 Å². The van der Waals surface area contributed by atoms with E-state index in [1.807, 2.05) is 92.8 Å². The van der Waals surface area contributed by atoms with Gasteiger partial charge in [-0.15, -0.1) is 0 Å². The lowest BCUT2D eigenvalue weighted by atomic mass is 9.82. The minimum absolute atomic E-state index is 0.0523. The lowest BCUT2D eigenvalue weighted by Gasteiger charge is -2.32. The quantitative estimate of drug-likeness (QED) is 0.161. The van der Waals surface area contributed by atoms with Gasteiger partial charge in [0, 0.05) is 41.4 Å². The minimum atomic E-state index is -3.03. The first kappa shape index (κ1) is 36.0. The van der Waals surface area contributed by atoms with Crippen molar-refractivity contribution in [1.29, 1.82) is 0 Å². The van der Waals surface area contributed by atoms with E-state index in [4.69, 9.17) is 9.47 Å². The monoisotopic (exact) mass is 707 g/mol. The Labute approximate surface area is 299 Å². The van der Waals surface area contributed by atoms with Gasteiger partial charge < -0.3 is 34.5 Å². The zero-order chi connectivity index (χ0) is 36.3. The summed E-state index contributed by atoms with van der Waals surface area (Å²) in [4.78, 5) is 56.5. The Kier molecular flexibility index (Phi) is 10.5. The molecule has 266 valence electrons. The fourth-order valence-electron chi connectivity index (χ4n) is 7.73. The van der Waals surface area contributed by atoms with E-state index in [1.165, 1.54) is 0 Å². The van der Waals surface area contributed by atoms with Gasteiger partial charge in [-0.05, 0) is 66.7 Å². The van der Waals surface area contributed by atoms with Crippen LogP contribution in [-0.2, 0) is 33.0 Å². The molecule has 0 aromatic heterocycles. The minimum Gasteiger partial charge on any atom is -0.497 e. The van der Waals surface area contributed by atoms with Gasteiger partial charge >= 0.3 is 0 Å². The molecule has 11 heteroatoms. The van der Waals surface area contributed by atoms with Crippen LogP contribution in [0.4, 0.5) is 11.4 Å². The molecule has 2 aliphatic rings. The molecule has 51 heavy (non-hydrogen) atoms. The van der Waals surface area contributed by atoms with Crippen molar-refractivity contribution in [3.63, 3.8) is 0 Å². The molecular formula is C40H45N3O7Si. The molecule has 6 rings (SSSR count). The molecule has 2 heterocycles. The number of nitrogens with one attached hydrogen (secondary N) is 1. The van der Waals surface area contributed by atoms with Crippen LogP contribution in [0.15, 0.2) is 103 Å². The van der Waals surface area contributed by atoms with E-state index >= 15 is 0 Å². The molecule has 0 saturated carbocycles. The topological polar surface area (TPSA) is 129 Å². The fraction of sp³-hybridized carbons (Fsp3) is 0.325. The molecule has 1 saturated heterocycles. The summed E-state index contributed by atoms with van der Waals surface area (Å²) in [6.45, 7) is 6.08. The molecule has 0 unspecified atom stereocenters. The van der Waals surface area contributed by atoms with Crippen LogP contribution in [0, 0.1) is 5.92 Å². The Morgan fingerprint density at radius 2 is 1.63 bits per heavy atom. The molecule has 10 nitrogen and oxygen atoms in total. The van der Waals surface area contributed by atoms with Crippen molar-refractivity contribution in [2.45, 2.75) is 56.8 Å². The van der Waals surface area contributed by atoms with E-state index < -0.39 is 31.5 Å². The molecule has 0 radical (unpaired) electrons. The Bertz CT molecular complexity index is 1870. The van der Waals surface area contributed by atoms with Crippen LogP contribution in [-0.4, -0.2) is 67.2 Å². The first-order valence-electron chi connectivity index (χ1n) is 17.2.